The molecule has 88 valence electrons. The molecule has 2 aromatic rings. The Hall–Kier alpha value is -1.81. The predicted molar refractivity (Wildman–Crippen MR) is 67.4 cm³/mol. The summed E-state index contributed by atoms with van der Waals surface area (Å²) in [6.07, 6.45) is 2.44. The summed E-state index contributed by atoms with van der Waals surface area (Å²) < 4.78 is 0. The van der Waals surface area contributed by atoms with Crippen LogP contribution in [0.4, 0.5) is 0 Å². The maximum atomic E-state index is 5.77. The largest absolute Gasteiger partial charge is 0.328 e. The van der Waals surface area contributed by atoms with E-state index in [4.69, 9.17) is 5.73 Å². The zero-order valence-corrected chi connectivity index (χ0v) is 10.1. The van der Waals surface area contributed by atoms with Gasteiger partial charge in [0.05, 0.1) is 11.4 Å². The first-order valence-corrected chi connectivity index (χ1v) is 5.66. The molecule has 2 N–H and O–H groups in total. The average Bonchev–Trinajstić information content (AvgIpc) is 2.28. The molecule has 4 heteroatoms. The third-order valence-corrected chi connectivity index (χ3v) is 2.33. The number of nitrogens with zero attached hydrogens (tertiary/aromatic N) is 3. The van der Waals surface area contributed by atoms with Crippen molar-refractivity contribution in [3.63, 3.8) is 0 Å². The Labute approximate surface area is 101 Å². The van der Waals surface area contributed by atoms with Crippen molar-refractivity contribution in [1.29, 1.82) is 0 Å². The van der Waals surface area contributed by atoms with Crippen LogP contribution in [0, 0.1) is 6.92 Å². The van der Waals surface area contributed by atoms with Crippen LogP contribution in [0.1, 0.15) is 18.4 Å². The molecule has 1 unspecified atom stereocenters. The molecular weight excluding hydrogens is 212 g/mol. The lowest BCUT2D eigenvalue weighted by Crippen LogP contribution is -2.19. The highest BCUT2D eigenvalue weighted by Crippen LogP contribution is 2.14. The molecule has 0 fully saturated rings. The van der Waals surface area contributed by atoms with Crippen molar-refractivity contribution >= 4 is 0 Å². The lowest BCUT2D eigenvalue weighted by atomic mass is 10.2. The molecule has 0 saturated heterocycles. The van der Waals surface area contributed by atoms with E-state index in [1.807, 2.05) is 38.1 Å². The van der Waals surface area contributed by atoms with E-state index in [9.17, 15) is 0 Å². The van der Waals surface area contributed by atoms with Gasteiger partial charge in [-0.1, -0.05) is 6.07 Å². The molecule has 2 rings (SSSR count). The lowest BCUT2D eigenvalue weighted by Gasteiger charge is -2.07. The fraction of sp³-hybridized carbons (Fsp3) is 0.308. The second-order valence-corrected chi connectivity index (χ2v) is 4.21. The molecule has 0 aromatic carbocycles. The smallest absolute Gasteiger partial charge is 0.130 e. The first-order valence-electron chi connectivity index (χ1n) is 5.66. The molecule has 0 radical (unpaired) electrons. The van der Waals surface area contributed by atoms with Gasteiger partial charge in [0.15, 0.2) is 0 Å². The third-order valence-electron chi connectivity index (χ3n) is 2.33. The summed E-state index contributed by atoms with van der Waals surface area (Å²) in [5, 5.41) is 0. The summed E-state index contributed by atoms with van der Waals surface area (Å²) in [6.45, 7) is 3.91. The van der Waals surface area contributed by atoms with Crippen molar-refractivity contribution in [2.75, 3.05) is 0 Å². The predicted octanol–water partition coefficient (Wildman–Crippen LogP) is 1.74. The quantitative estimate of drug-likeness (QED) is 0.869. The van der Waals surface area contributed by atoms with E-state index in [0.29, 0.717) is 6.42 Å². The van der Waals surface area contributed by atoms with Crippen LogP contribution in [-0.4, -0.2) is 21.0 Å². The van der Waals surface area contributed by atoms with Gasteiger partial charge < -0.3 is 5.73 Å². The zero-order valence-electron chi connectivity index (χ0n) is 10.1. The van der Waals surface area contributed by atoms with Crippen molar-refractivity contribution < 1.29 is 0 Å². The van der Waals surface area contributed by atoms with Gasteiger partial charge in [-0.15, -0.1) is 0 Å². The molecule has 0 saturated carbocycles. The molecule has 0 amide bonds. The van der Waals surface area contributed by atoms with Crippen molar-refractivity contribution in [2.24, 2.45) is 5.73 Å². The Morgan fingerprint density at radius 1 is 1.24 bits per heavy atom. The van der Waals surface area contributed by atoms with E-state index in [1.165, 1.54) is 0 Å². The minimum absolute atomic E-state index is 0.0633. The topological polar surface area (TPSA) is 64.7 Å². The molecule has 2 aromatic heterocycles. The van der Waals surface area contributed by atoms with Gasteiger partial charge >= 0.3 is 0 Å². The molecule has 0 bridgehead atoms. The van der Waals surface area contributed by atoms with E-state index >= 15 is 0 Å². The number of hydrogen-bond acceptors (Lipinski definition) is 4. The van der Waals surface area contributed by atoms with Crippen LogP contribution < -0.4 is 5.73 Å². The maximum Gasteiger partial charge on any atom is 0.130 e. The number of nitrogens with two attached hydrogens (primary N) is 1. The Kier molecular flexibility index (Phi) is 3.44. The molecule has 2 heterocycles. The number of rotatable bonds is 3. The molecule has 17 heavy (non-hydrogen) atoms. The highest BCUT2D eigenvalue weighted by atomic mass is 14.9. The highest BCUT2D eigenvalue weighted by molar-refractivity contribution is 5.53. The fourth-order valence-corrected chi connectivity index (χ4v) is 1.65. The van der Waals surface area contributed by atoms with E-state index in [1.54, 1.807) is 6.20 Å². The molecule has 0 aliphatic heterocycles. The van der Waals surface area contributed by atoms with Crippen molar-refractivity contribution in [3.8, 4) is 11.4 Å². The van der Waals surface area contributed by atoms with Gasteiger partial charge in [-0.05, 0) is 32.0 Å². The van der Waals surface area contributed by atoms with Gasteiger partial charge in [0.2, 0.25) is 0 Å². The van der Waals surface area contributed by atoms with Gasteiger partial charge in [-0.3, -0.25) is 4.98 Å². The summed E-state index contributed by atoms with van der Waals surface area (Å²) in [4.78, 5) is 13.2. The maximum absolute atomic E-state index is 5.77. The Bertz CT molecular complexity index is 494. The molecule has 0 spiro atoms. The average molecular weight is 228 g/mol. The number of aryl methyl sites for hydroxylation is 1. The van der Waals surface area contributed by atoms with Crippen molar-refractivity contribution in [2.45, 2.75) is 26.3 Å². The first-order chi connectivity index (χ1) is 8.15. The lowest BCUT2D eigenvalue weighted by molar-refractivity contribution is 0.699. The minimum Gasteiger partial charge on any atom is -0.328 e. The summed E-state index contributed by atoms with van der Waals surface area (Å²) >= 11 is 0. The number of aromatic nitrogens is 3. The van der Waals surface area contributed by atoms with Gasteiger partial charge in [-0.2, -0.15) is 0 Å². The molecule has 1 atom stereocenters. The van der Waals surface area contributed by atoms with Gasteiger partial charge in [0, 0.05) is 24.4 Å². The Morgan fingerprint density at radius 2 is 2.06 bits per heavy atom. The fourth-order valence-electron chi connectivity index (χ4n) is 1.65. The first kappa shape index (κ1) is 11.7. The summed E-state index contributed by atoms with van der Waals surface area (Å²) in [6, 6.07) is 7.78. The summed E-state index contributed by atoms with van der Waals surface area (Å²) in [5.41, 5.74) is 8.43. The zero-order chi connectivity index (χ0) is 12.3. The van der Waals surface area contributed by atoms with Crippen LogP contribution in [0.3, 0.4) is 0 Å². The van der Waals surface area contributed by atoms with Gasteiger partial charge in [-0.25, -0.2) is 9.97 Å². The van der Waals surface area contributed by atoms with Crippen LogP contribution in [-0.2, 0) is 6.42 Å². The molecule has 4 nitrogen and oxygen atoms in total. The van der Waals surface area contributed by atoms with Crippen LogP contribution in [0.2, 0.25) is 0 Å². The molecular formula is C13H16N4. The van der Waals surface area contributed by atoms with E-state index in [0.717, 1.165) is 22.9 Å². The van der Waals surface area contributed by atoms with E-state index in [-0.39, 0.29) is 6.04 Å². The second-order valence-electron chi connectivity index (χ2n) is 4.21. The molecule has 0 aliphatic carbocycles. The van der Waals surface area contributed by atoms with Crippen LogP contribution in [0.25, 0.3) is 11.4 Å². The van der Waals surface area contributed by atoms with E-state index in [2.05, 4.69) is 15.0 Å². The van der Waals surface area contributed by atoms with Gasteiger partial charge in [0.1, 0.15) is 5.82 Å². The van der Waals surface area contributed by atoms with Crippen LogP contribution in [0.15, 0.2) is 30.5 Å². The standard InChI is InChI=1S/C13H16N4/c1-9(14)7-13-16-10(2)8-12(17-13)11-5-3-4-6-15-11/h3-6,8-9H,7,14H2,1-2H3. The van der Waals surface area contributed by atoms with Crippen LogP contribution >= 0.6 is 0 Å². The minimum atomic E-state index is 0.0633. The second kappa shape index (κ2) is 5.01. The van der Waals surface area contributed by atoms with E-state index < -0.39 is 0 Å². The van der Waals surface area contributed by atoms with Crippen molar-refractivity contribution in [1.82, 2.24) is 15.0 Å². The molecule has 0 aliphatic rings. The van der Waals surface area contributed by atoms with Crippen LogP contribution in [0.5, 0.6) is 0 Å². The SMILES string of the molecule is Cc1cc(-c2ccccn2)nc(CC(C)N)n1. The highest BCUT2D eigenvalue weighted by Gasteiger charge is 2.07. The normalized spacial score (nSPS) is 12.4. The monoisotopic (exact) mass is 228 g/mol. The third kappa shape index (κ3) is 3.07. The summed E-state index contributed by atoms with van der Waals surface area (Å²) in [5.74, 6) is 0.778. The Morgan fingerprint density at radius 3 is 2.71 bits per heavy atom. The van der Waals surface area contributed by atoms with Crippen molar-refractivity contribution in [3.05, 3.63) is 42.0 Å². The number of pyridine rings is 1. The summed E-state index contributed by atoms with van der Waals surface area (Å²) in [7, 11) is 0. The Balaban J connectivity index is 2.38. The number of hydrogen-bond donors (Lipinski definition) is 1. The van der Waals surface area contributed by atoms with Gasteiger partial charge in [0.25, 0.3) is 0 Å².